The molecule has 116 valence electrons. The summed E-state index contributed by atoms with van der Waals surface area (Å²) in [6.07, 6.45) is 2.74. The van der Waals surface area contributed by atoms with E-state index in [9.17, 15) is 9.90 Å². The molecule has 0 saturated heterocycles. The van der Waals surface area contributed by atoms with Crippen LogP contribution in [0.2, 0.25) is 0 Å². The first-order valence-electron chi connectivity index (χ1n) is 7.14. The quantitative estimate of drug-likeness (QED) is 0.904. The molecule has 0 spiro atoms. The van der Waals surface area contributed by atoms with Gasteiger partial charge in [0.15, 0.2) is 0 Å². The molecule has 1 fully saturated rings. The van der Waals surface area contributed by atoms with Crippen molar-refractivity contribution < 1.29 is 24.1 Å². The zero-order chi connectivity index (χ0) is 15.5. The molecule has 0 unspecified atom stereocenters. The van der Waals surface area contributed by atoms with Crippen molar-refractivity contribution in [2.45, 2.75) is 38.2 Å². The van der Waals surface area contributed by atoms with Crippen LogP contribution < -0.4 is 14.2 Å². The summed E-state index contributed by atoms with van der Waals surface area (Å²) in [4.78, 5) is 11.7. The van der Waals surface area contributed by atoms with Gasteiger partial charge in [0.05, 0.1) is 14.2 Å². The van der Waals surface area contributed by atoms with Crippen molar-refractivity contribution in [1.29, 1.82) is 0 Å². The lowest BCUT2D eigenvalue weighted by atomic mass is 9.79. The molecular weight excluding hydrogens is 272 g/mol. The van der Waals surface area contributed by atoms with E-state index in [1.165, 1.54) is 0 Å². The van der Waals surface area contributed by atoms with Crippen molar-refractivity contribution in [3.63, 3.8) is 0 Å². The van der Waals surface area contributed by atoms with Crippen molar-refractivity contribution in [2.24, 2.45) is 5.92 Å². The molecule has 5 nitrogen and oxygen atoms in total. The number of hydrogen-bond donors (Lipinski definition) is 1. The number of methoxy groups -OCH3 is 2. The first-order chi connectivity index (χ1) is 9.99. The maximum absolute atomic E-state index is 11.7. The number of rotatable bonds is 5. The minimum absolute atomic E-state index is 0.461. The van der Waals surface area contributed by atoms with E-state index in [1.807, 2.05) is 0 Å². The van der Waals surface area contributed by atoms with Crippen LogP contribution in [0.3, 0.4) is 0 Å². The molecule has 5 heteroatoms. The molecule has 2 rings (SSSR count). The lowest BCUT2D eigenvalue weighted by Crippen LogP contribution is -2.47. The number of hydrogen-bond acceptors (Lipinski definition) is 4. The Labute approximate surface area is 124 Å². The summed E-state index contributed by atoms with van der Waals surface area (Å²) >= 11 is 0. The van der Waals surface area contributed by atoms with Gasteiger partial charge < -0.3 is 19.3 Å². The van der Waals surface area contributed by atoms with E-state index in [1.54, 1.807) is 32.4 Å². The minimum atomic E-state index is -1.15. The summed E-state index contributed by atoms with van der Waals surface area (Å²) in [6.45, 7) is 2.14. The van der Waals surface area contributed by atoms with Gasteiger partial charge in [-0.2, -0.15) is 0 Å². The van der Waals surface area contributed by atoms with E-state index in [0.29, 0.717) is 36.0 Å². The molecule has 0 heterocycles. The van der Waals surface area contributed by atoms with Crippen LogP contribution in [0.4, 0.5) is 0 Å². The fraction of sp³-hybridized carbons (Fsp3) is 0.562. The number of aliphatic carboxylic acids is 1. The van der Waals surface area contributed by atoms with Crippen LogP contribution >= 0.6 is 0 Å². The molecular formula is C16H22O5. The van der Waals surface area contributed by atoms with Crippen molar-refractivity contribution in [3.05, 3.63) is 18.2 Å². The Morgan fingerprint density at radius 3 is 2.00 bits per heavy atom. The third-order valence-electron chi connectivity index (χ3n) is 4.11. The second-order valence-electron chi connectivity index (χ2n) is 5.63. The number of carbonyl (C=O) groups is 1. The summed E-state index contributed by atoms with van der Waals surface area (Å²) < 4.78 is 16.3. The van der Waals surface area contributed by atoms with E-state index in [4.69, 9.17) is 14.2 Å². The third-order valence-corrected chi connectivity index (χ3v) is 4.11. The topological polar surface area (TPSA) is 65.0 Å². The van der Waals surface area contributed by atoms with E-state index in [2.05, 4.69) is 6.92 Å². The van der Waals surface area contributed by atoms with Crippen LogP contribution in [0, 0.1) is 5.92 Å². The van der Waals surface area contributed by atoms with Crippen molar-refractivity contribution in [1.82, 2.24) is 0 Å². The third kappa shape index (κ3) is 3.40. The van der Waals surface area contributed by atoms with Crippen molar-refractivity contribution >= 4 is 5.97 Å². The molecule has 0 aromatic heterocycles. The maximum Gasteiger partial charge on any atom is 0.348 e. The van der Waals surface area contributed by atoms with Crippen LogP contribution in [-0.4, -0.2) is 30.9 Å². The molecule has 0 aliphatic heterocycles. The normalized spacial score (nSPS) is 25.2. The van der Waals surface area contributed by atoms with Gasteiger partial charge in [-0.15, -0.1) is 0 Å². The lowest BCUT2D eigenvalue weighted by molar-refractivity contribution is -0.159. The molecule has 1 aromatic carbocycles. The average Bonchev–Trinajstić information content (AvgIpc) is 2.49. The Morgan fingerprint density at radius 2 is 1.57 bits per heavy atom. The predicted molar refractivity (Wildman–Crippen MR) is 78.2 cm³/mol. The number of carboxylic acid groups (broad SMARTS) is 1. The molecule has 0 atom stereocenters. The summed E-state index contributed by atoms with van der Waals surface area (Å²) in [6, 6.07) is 5.10. The van der Waals surface area contributed by atoms with Gasteiger partial charge in [-0.05, 0) is 31.6 Å². The van der Waals surface area contributed by atoms with Crippen molar-refractivity contribution in [3.8, 4) is 17.2 Å². The first kappa shape index (κ1) is 15.5. The number of ether oxygens (including phenoxy) is 3. The fourth-order valence-corrected chi connectivity index (χ4v) is 2.65. The SMILES string of the molecule is COc1cc(OC)cc(OC2(C(=O)O)CCC(C)CC2)c1. The maximum atomic E-state index is 11.7. The average molecular weight is 294 g/mol. The van der Waals surface area contributed by atoms with E-state index < -0.39 is 11.6 Å². The van der Waals surface area contributed by atoms with Gasteiger partial charge >= 0.3 is 5.97 Å². The van der Waals surface area contributed by atoms with E-state index in [-0.39, 0.29) is 0 Å². The van der Waals surface area contributed by atoms with Gasteiger partial charge in [0, 0.05) is 18.2 Å². The Kier molecular flexibility index (Phi) is 4.60. The molecule has 1 aliphatic carbocycles. The molecule has 1 aliphatic rings. The van der Waals surface area contributed by atoms with Crippen LogP contribution in [0.1, 0.15) is 32.6 Å². The molecule has 1 saturated carbocycles. The predicted octanol–water partition coefficient (Wildman–Crippen LogP) is 3.12. The monoisotopic (exact) mass is 294 g/mol. The molecule has 0 bridgehead atoms. The fourth-order valence-electron chi connectivity index (χ4n) is 2.65. The number of carboxylic acids is 1. The zero-order valence-electron chi connectivity index (χ0n) is 12.7. The van der Waals surface area contributed by atoms with Gasteiger partial charge in [-0.3, -0.25) is 0 Å². The van der Waals surface area contributed by atoms with Gasteiger partial charge in [0.25, 0.3) is 0 Å². The van der Waals surface area contributed by atoms with Crippen LogP contribution in [0.15, 0.2) is 18.2 Å². The van der Waals surface area contributed by atoms with Crippen LogP contribution in [0.25, 0.3) is 0 Å². The Morgan fingerprint density at radius 1 is 1.10 bits per heavy atom. The lowest BCUT2D eigenvalue weighted by Gasteiger charge is -2.36. The minimum Gasteiger partial charge on any atom is -0.496 e. The Hall–Kier alpha value is -1.91. The van der Waals surface area contributed by atoms with Gasteiger partial charge in [0.1, 0.15) is 17.2 Å². The highest BCUT2D eigenvalue weighted by Crippen LogP contribution is 2.38. The Balaban J connectivity index is 2.27. The summed E-state index contributed by atoms with van der Waals surface area (Å²) in [7, 11) is 3.10. The summed E-state index contributed by atoms with van der Waals surface area (Å²) in [5, 5.41) is 9.60. The smallest absolute Gasteiger partial charge is 0.348 e. The molecule has 1 N–H and O–H groups in total. The van der Waals surface area contributed by atoms with Gasteiger partial charge in [-0.1, -0.05) is 6.92 Å². The van der Waals surface area contributed by atoms with Crippen LogP contribution in [-0.2, 0) is 4.79 Å². The molecule has 0 amide bonds. The van der Waals surface area contributed by atoms with Gasteiger partial charge in [-0.25, -0.2) is 4.79 Å². The standard InChI is InChI=1S/C16H22O5/c1-11-4-6-16(7-5-11,15(17)18)21-14-9-12(19-2)8-13(10-14)20-3/h8-11H,4-7H2,1-3H3,(H,17,18). The van der Waals surface area contributed by atoms with Crippen LogP contribution in [0.5, 0.6) is 17.2 Å². The highest BCUT2D eigenvalue weighted by Gasteiger charge is 2.43. The molecule has 21 heavy (non-hydrogen) atoms. The van der Waals surface area contributed by atoms with E-state index >= 15 is 0 Å². The first-order valence-corrected chi connectivity index (χ1v) is 7.14. The molecule has 0 radical (unpaired) electrons. The zero-order valence-corrected chi connectivity index (χ0v) is 12.7. The Bertz CT molecular complexity index is 481. The second kappa shape index (κ2) is 6.24. The second-order valence-corrected chi connectivity index (χ2v) is 5.63. The molecule has 1 aromatic rings. The largest absolute Gasteiger partial charge is 0.496 e. The van der Waals surface area contributed by atoms with Crippen molar-refractivity contribution in [2.75, 3.05) is 14.2 Å². The van der Waals surface area contributed by atoms with E-state index in [0.717, 1.165) is 12.8 Å². The van der Waals surface area contributed by atoms with Gasteiger partial charge in [0.2, 0.25) is 5.60 Å². The highest BCUT2D eigenvalue weighted by molar-refractivity contribution is 5.78. The summed E-state index contributed by atoms with van der Waals surface area (Å²) in [5.41, 5.74) is -1.15. The highest BCUT2D eigenvalue weighted by atomic mass is 16.5. The number of benzene rings is 1. The summed E-state index contributed by atoms with van der Waals surface area (Å²) in [5.74, 6) is 1.25.